The minimum absolute atomic E-state index is 0.0155. The SMILES string of the molecule is CCOC(=O)OCCN(C)C(=O)n1c([S@@+]([O-])Cc2ncc(C)c(OC)c2C)nc2cc(CO)ccc21. The molecule has 194 valence electrons. The van der Waals surface area contributed by atoms with Gasteiger partial charge in [0.15, 0.2) is 5.75 Å². The molecule has 0 aliphatic heterocycles. The van der Waals surface area contributed by atoms with E-state index in [4.69, 9.17) is 14.2 Å². The predicted molar refractivity (Wildman–Crippen MR) is 132 cm³/mol. The fourth-order valence-corrected chi connectivity index (χ4v) is 4.89. The number of aliphatic hydroxyl groups excluding tert-OH is 1. The largest absolute Gasteiger partial charge is 0.609 e. The number of nitrogens with zero attached hydrogens (tertiary/aromatic N) is 4. The summed E-state index contributed by atoms with van der Waals surface area (Å²) in [5.41, 5.74) is 3.64. The van der Waals surface area contributed by atoms with Crippen LogP contribution in [-0.2, 0) is 33.0 Å². The zero-order valence-corrected chi connectivity index (χ0v) is 21.8. The standard InChI is InChI=1S/C24H30N4O7S/c1-6-34-24(31)35-10-9-27(4)23(30)28-20-8-7-17(13-29)11-18(20)26-22(28)36(32)14-19-16(3)21(33-5)15(2)12-25-19/h7-8,11-12,29H,6,9-10,13-14H2,1-5H3/t36-/m0/s1. The first-order valence-electron chi connectivity index (χ1n) is 11.3. The van der Waals surface area contributed by atoms with Gasteiger partial charge in [0.1, 0.15) is 12.4 Å². The predicted octanol–water partition coefficient (Wildman–Crippen LogP) is 2.93. The smallest absolute Gasteiger partial charge is 0.508 e. The number of fused-ring (bicyclic) bond motifs is 1. The maximum atomic E-state index is 13.5. The molecule has 0 bridgehead atoms. The highest BCUT2D eigenvalue weighted by Gasteiger charge is 2.29. The van der Waals surface area contributed by atoms with E-state index in [1.54, 1.807) is 38.4 Å². The van der Waals surface area contributed by atoms with Crippen LogP contribution >= 0.6 is 0 Å². The molecule has 0 saturated heterocycles. The van der Waals surface area contributed by atoms with Crippen molar-refractivity contribution in [3.05, 3.63) is 46.8 Å². The van der Waals surface area contributed by atoms with E-state index >= 15 is 0 Å². The Bertz CT molecular complexity index is 1250. The Hall–Kier alpha value is -3.35. The van der Waals surface area contributed by atoms with Crippen molar-refractivity contribution in [1.29, 1.82) is 0 Å². The highest BCUT2D eigenvalue weighted by molar-refractivity contribution is 7.90. The average molecular weight is 519 g/mol. The molecule has 0 unspecified atom stereocenters. The molecule has 1 N–H and O–H groups in total. The topological polar surface area (TPSA) is 139 Å². The molecule has 2 aromatic heterocycles. The summed E-state index contributed by atoms with van der Waals surface area (Å²) in [5.74, 6) is 0.678. The Morgan fingerprint density at radius 2 is 2.00 bits per heavy atom. The molecule has 0 saturated carbocycles. The van der Waals surface area contributed by atoms with Crippen molar-refractivity contribution in [1.82, 2.24) is 19.4 Å². The lowest BCUT2D eigenvalue weighted by Gasteiger charge is -2.19. The average Bonchev–Trinajstić information content (AvgIpc) is 3.24. The van der Waals surface area contributed by atoms with Crippen LogP contribution in [0.3, 0.4) is 0 Å². The first kappa shape index (κ1) is 27.2. The number of carbonyl (C=O) groups is 2. The number of ether oxygens (including phenoxy) is 3. The molecule has 12 heteroatoms. The molecule has 3 aromatic rings. The van der Waals surface area contributed by atoms with Gasteiger partial charge in [-0.2, -0.15) is 4.98 Å². The second kappa shape index (κ2) is 12.1. The molecule has 1 aromatic carbocycles. The monoisotopic (exact) mass is 518 g/mol. The molecule has 0 aliphatic carbocycles. The van der Waals surface area contributed by atoms with Gasteiger partial charge in [0.2, 0.25) is 0 Å². The fraction of sp³-hybridized carbons (Fsp3) is 0.417. The van der Waals surface area contributed by atoms with Crippen LogP contribution in [0.1, 0.15) is 29.3 Å². The van der Waals surface area contributed by atoms with Crippen LogP contribution in [0.4, 0.5) is 9.59 Å². The van der Waals surface area contributed by atoms with E-state index in [1.165, 1.54) is 16.5 Å². The third-order valence-electron chi connectivity index (χ3n) is 5.52. The minimum Gasteiger partial charge on any atom is -0.609 e. The Balaban J connectivity index is 1.94. The Labute approximate surface area is 212 Å². The third-order valence-corrected chi connectivity index (χ3v) is 6.74. The fourth-order valence-electron chi connectivity index (χ4n) is 3.64. The van der Waals surface area contributed by atoms with Crippen LogP contribution in [0.2, 0.25) is 0 Å². The number of rotatable bonds is 9. The molecule has 1 atom stereocenters. The van der Waals surface area contributed by atoms with Crippen molar-refractivity contribution in [2.45, 2.75) is 38.3 Å². The van der Waals surface area contributed by atoms with Crippen LogP contribution in [-0.4, -0.2) is 75.2 Å². The van der Waals surface area contributed by atoms with Crippen LogP contribution in [0.15, 0.2) is 29.6 Å². The van der Waals surface area contributed by atoms with E-state index in [0.717, 1.165) is 11.1 Å². The lowest BCUT2D eigenvalue weighted by molar-refractivity contribution is 0.0550. The summed E-state index contributed by atoms with van der Waals surface area (Å²) >= 11 is -1.75. The number of benzene rings is 1. The van der Waals surface area contributed by atoms with Crippen LogP contribution in [0.25, 0.3) is 11.0 Å². The van der Waals surface area contributed by atoms with Crippen molar-refractivity contribution in [2.75, 3.05) is 33.9 Å². The van der Waals surface area contributed by atoms with E-state index in [1.807, 2.05) is 13.8 Å². The summed E-state index contributed by atoms with van der Waals surface area (Å²) in [4.78, 5) is 35.1. The van der Waals surface area contributed by atoms with Gasteiger partial charge in [-0.15, -0.1) is 0 Å². The number of imidazole rings is 1. The van der Waals surface area contributed by atoms with E-state index in [2.05, 4.69) is 9.97 Å². The van der Waals surface area contributed by atoms with Gasteiger partial charge in [-0.05, 0) is 38.5 Å². The molecule has 1 amide bonds. The number of likely N-dealkylation sites (N-methyl/N-ethyl adjacent to an activating group) is 1. The maximum absolute atomic E-state index is 13.5. The molecule has 36 heavy (non-hydrogen) atoms. The highest BCUT2D eigenvalue weighted by Crippen LogP contribution is 2.28. The lowest BCUT2D eigenvalue weighted by atomic mass is 10.1. The zero-order chi connectivity index (χ0) is 26.4. The molecular formula is C24H30N4O7S. The molecule has 2 heterocycles. The molecule has 11 nitrogen and oxygen atoms in total. The number of hydrogen-bond acceptors (Lipinski definition) is 9. The number of pyridine rings is 1. The van der Waals surface area contributed by atoms with E-state index in [0.29, 0.717) is 28.0 Å². The summed E-state index contributed by atoms with van der Waals surface area (Å²) in [6.07, 6.45) is 0.832. The number of aryl methyl sites for hydroxylation is 1. The van der Waals surface area contributed by atoms with Crippen LogP contribution < -0.4 is 4.74 Å². The summed E-state index contributed by atoms with van der Waals surface area (Å²) in [6, 6.07) is 4.45. The van der Waals surface area contributed by atoms with Crippen molar-refractivity contribution >= 4 is 34.4 Å². The minimum atomic E-state index is -1.75. The second-order valence-electron chi connectivity index (χ2n) is 7.98. The van der Waals surface area contributed by atoms with Crippen molar-refractivity contribution in [3.63, 3.8) is 0 Å². The molecule has 3 rings (SSSR count). The first-order chi connectivity index (χ1) is 17.2. The lowest BCUT2D eigenvalue weighted by Crippen LogP contribution is -2.35. The summed E-state index contributed by atoms with van der Waals surface area (Å²) in [7, 11) is 3.10. The second-order valence-corrected chi connectivity index (χ2v) is 9.33. The summed E-state index contributed by atoms with van der Waals surface area (Å²) in [6.45, 7) is 5.35. The third kappa shape index (κ3) is 5.89. The van der Waals surface area contributed by atoms with Gasteiger partial charge in [0.05, 0.1) is 43.6 Å². The van der Waals surface area contributed by atoms with E-state index in [-0.39, 0.29) is 37.3 Å². The summed E-state index contributed by atoms with van der Waals surface area (Å²) in [5, 5.41) is 9.56. The quantitative estimate of drug-likeness (QED) is 0.334. The zero-order valence-electron chi connectivity index (χ0n) is 20.9. The normalized spacial score (nSPS) is 11.9. The molecule has 0 aliphatic rings. The van der Waals surface area contributed by atoms with Gasteiger partial charge in [0, 0.05) is 35.5 Å². The van der Waals surface area contributed by atoms with Gasteiger partial charge in [-0.3, -0.25) is 4.98 Å². The number of carbonyl (C=O) groups excluding carboxylic acids is 2. The summed E-state index contributed by atoms with van der Waals surface area (Å²) < 4.78 is 29.9. The number of aliphatic hydroxyl groups is 1. The number of amides is 1. The van der Waals surface area contributed by atoms with Gasteiger partial charge in [-0.25, -0.2) is 14.2 Å². The van der Waals surface area contributed by atoms with Crippen molar-refractivity contribution in [2.24, 2.45) is 0 Å². The van der Waals surface area contributed by atoms with Crippen LogP contribution in [0.5, 0.6) is 5.75 Å². The Kier molecular flexibility index (Phi) is 9.13. The maximum Gasteiger partial charge on any atom is 0.508 e. The Morgan fingerprint density at radius 1 is 1.25 bits per heavy atom. The van der Waals surface area contributed by atoms with Crippen molar-refractivity contribution in [3.8, 4) is 5.75 Å². The number of hydrogen-bond donors (Lipinski definition) is 1. The highest BCUT2D eigenvalue weighted by atomic mass is 32.2. The number of methoxy groups -OCH3 is 1. The molecule has 0 fully saturated rings. The van der Waals surface area contributed by atoms with E-state index in [9.17, 15) is 19.2 Å². The van der Waals surface area contributed by atoms with Crippen LogP contribution in [0, 0.1) is 13.8 Å². The van der Waals surface area contributed by atoms with E-state index < -0.39 is 23.4 Å². The molecular weight excluding hydrogens is 488 g/mol. The van der Waals surface area contributed by atoms with Gasteiger partial charge in [-0.1, -0.05) is 6.07 Å². The first-order valence-corrected chi connectivity index (χ1v) is 12.6. The van der Waals surface area contributed by atoms with Gasteiger partial charge < -0.3 is 28.8 Å². The Morgan fingerprint density at radius 3 is 2.67 bits per heavy atom. The van der Waals surface area contributed by atoms with Gasteiger partial charge in [0.25, 0.3) is 0 Å². The van der Waals surface area contributed by atoms with Gasteiger partial charge >= 0.3 is 17.3 Å². The molecule has 0 radical (unpaired) electrons. The molecule has 0 spiro atoms. The number of aromatic nitrogens is 3. The van der Waals surface area contributed by atoms with Crippen molar-refractivity contribution < 1.29 is 33.5 Å².